The molecule has 2 aromatic heterocycles. The number of anilines is 3. The lowest BCUT2D eigenvalue weighted by atomic mass is 9.84. The molecule has 0 radical (unpaired) electrons. The molecule has 0 saturated heterocycles. The lowest BCUT2D eigenvalue weighted by Gasteiger charge is -2.33. The van der Waals surface area contributed by atoms with E-state index < -0.39 is 0 Å². The molecule has 12 aromatic rings. The minimum Gasteiger partial charge on any atom is -0.453 e. The molecule has 1 aliphatic heterocycles. The van der Waals surface area contributed by atoms with Gasteiger partial charge in [-0.05, 0) is 117 Å². The van der Waals surface area contributed by atoms with Crippen LogP contribution in [-0.2, 0) is 0 Å². The zero-order chi connectivity index (χ0) is 45.0. The van der Waals surface area contributed by atoms with Gasteiger partial charge in [-0.1, -0.05) is 182 Å². The average molecular weight is 873 g/mol. The van der Waals surface area contributed by atoms with Crippen LogP contribution in [0.1, 0.15) is 45.2 Å². The number of ether oxygens (including phenoxy) is 1. The maximum atomic E-state index is 6.32. The van der Waals surface area contributed by atoms with Crippen molar-refractivity contribution < 1.29 is 4.74 Å². The van der Waals surface area contributed by atoms with Crippen molar-refractivity contribution in [3.63, 3.8) is 0 Å². The molecule has 3 heterocycles. The van der Waals surface area contributed by atoms with Gasteiger partial charge in [0.25, 0.3) is 0 Å². The predicted octanol–water partition coefficient (Wildman–Crippen LogP) is 16.0. The third-order valence-electron chi connectivity index (χ3n) is 13.6. The van der Waals surface area contributed by atoms with Crippen LogP contribution < -0.4 is 9.64 Å². The van der Waals surface area contributed by atoms with E-state index in [2.05, 4.69) is 244 Å². The molecule has 1 unspecified atom stereocenters. The molecule has 5 nitrogen and oxygen atoms in total. The Morgan fingerprint density at radius 3 is 1.41 bits per heavy atom. The van der Waals surface area contributed by atoms with Crippen LogP contribution in [0.5, 0.6) is 11.5 Å². The van der Waals surface area contributed by atoms with E-state index in [1.807, 2.05) is 24.3 Å². The van der Waals surface area contributed by atoms with Gasteiger partial charge >= 0.3 is 0 Å². The van der Waals surface area contributed by atoms with E-state index in [9.17, 15) is 0 Å². The van der Waals surface area contributed by atoms with Crippen LogP contribution in [0.3, 0.4) is 0 Å². The molecule has 13 rings (SSSR count). The van der Waals surface area contributed by atoms with Crippen molar-refractivity contribution in [1.82, 2.24) is 14.0 Å². The van der Waals surface area contributed by atoms with Crippen molar-refractivity contribution in [2.75, 3.05) is 4.90 Å². The summed E-state index contributed by atoms with van der Waals surface area (Å²) >= 11 is 0. The van der Waals surface area contributed by atoms with Gasteiger partial charge in [-0.3, -0.25) is 8.97 Å². The van der Waals surface area contributed by atoms with Crippen molar-refractivity contribution in [2.45, 2.75) is 11.8 Å². The van der Waals surface area contributed by atoms with E-state index in [-0.39, 0.29) is 11.8 Å². The summed E-state index contributed by atoms with van der Waals surface area (Å²) in [6.45, 7) is 0. The Hall–Kier alpha value is -8.93. The van der Waals surface area contributed by atoms with E-state index in [1.165, 1.54) is 33.4 Å². The summed E-state index contributed by atoms with van der Waals surface area (Å²) in [5.41, 5.74) is 18.2. The van der Waals surface area contributed by atoms with Crippen LogP contribution in [0.4, 0.5) is 17.1 Å². The fourth-order valence-corrected chi connectivity index (χ4v) is 10.4. The van der Waals surface area contributed by atoms with Gasteiger partial charge in [-0.15, -0.1) is 0 Å². The maximum absolute atomic E-state index is 6.32. The highest BCUT2D eigenvalue weighted by Crippen LogP contribution is 2.50. The van der Waals surface area contributed by atoms with E-state index in [0.29, 0.717) is 0 Å². The second-order valence-corrected chi connectivity index (χ2v) is 17.6. The molecule has 0 fully saturated rings. The summed E-state index contributed by atoms with van der Waals surface area (Å²) in [4.78, 5) is 7.62. The molecule has 0 saturated carbocycles. The SMILES string of the molecule is c1ccc(C(c2ccccc2)c2ccc(-n3c4ccccc4n4c5cc(-c6cccc(C(c7ccccc7)c7ccc(N8c9ccccc9Oc9ccccc98)cc7)c6)ccc5nc34)cc2)cc1. The Morgan fingerprint density at radius 2 is 0.809 bits per heavy atom. The number of para-hydroxylation sites is 6. The number of hydrogen-bond donors (Lipinski definition) is 0. The zero-order valence-corrected chi connectivity index (χ0v) is 37.1. The first-order valence-corrected chi connectivity index (χ1v) is 23.3. The molecule has 0 amide bonds. The molecule has 0 bridgehead atoms. The molecule has 5 heteroatoms. The molecular formula is C63H44N4O. The predicted molar refractivity (Wildman–Crippen MR) is 277 cm³/mol. The zero-order valence-electron chi connectivity index (χ0n) is 37.1. The first-order chi connectivity index (χ1) is 33.7. The Balaban J connectivity index is 0.873. The van der Waals surface area contributed by atoms with Gasteiger partial charge in [-0.25, -0.2) is 4.98 Å². The summed E-state index contributed by atoms with van der Waals surface area (Å²) in [5, 5.41) is 0. The monoisotopic (exact) mass is 872 g/mol. The Bertz CT molecular complexity index is 3680. The molecular weight excluding hydrogens is 829 g/mol. The molecule has 10 aromatic carbocycles. The standard InChI is InChI=1S/C63H44N4O/c1-4-17-43(18-5-1)61(44-19-6-2-7-20-44)46-33-38-52(39-34-46)66-54-25-10-11-26-55(54)67-58-42-49(35-40-53(58)64-63(66)67)48-23-16-24-50(41-48)62(45-21-8-3-9-22-45)47-31-36-51(37-32-47)65-56-27-12-14-29-59(56)68-60-30-15-13-28-57(60)65/h1-42,61-62H. The van der Waals surface area contributed by atoms with E-state index in [1.54, 1.807) is 0 Å². The lowest BCUT2D eigenvalue weighted by Crippen LogP contribution is -2.15. The second kappa shape index (κ2) is 16.5. The maximum Gasteiger partial charge on any atom is 0.220 e. The highest BCUT2D eigenvalue weighted by molar-refractivity contribution is 5.94. The minimum absolute atomic E-state index is 0.0138. The van der Waals surface area contributed by atoms with Gasteiger partial charge in [0.2, 0.25) is 5.78 Å². The molecule has 68 heavy (non-hydrogen) atoms. The Labute approximate surface area is 395 Å². The van der Waals surface area contributed by atoms with Crippen molar-refractivity contribution >= 4 is 44.9 Å². The van der Waals surface area contributed by atoms with Crippen molar-refractivity contribution in [2.24, 2.45) is 0 Å². The topological polar surface area (TPSA) is 34.7 Å². The quantitative estimate of drug-likeness (QED) is 0.136. The highest BCUT2D eigenvalue weighted by Gasteiger charge is 2.26. The normalized spacial score (nSPS) is 12.6. The smallest absolute Gasteiger partial charge is 0.220 e. The van der Waals surface area contributed by atoms with E-state index >= 15 is 0 Å². The number of fused-ring (bicyclic) bond motifs is 7. The molecule has 1 aliphatic rings. The average Bonchev–Trinajstić information content (AvgIpc) is 3.94. The number of hydrogen-bond acceptors (Lipinski definition) is 3. The molecule has 1 atom stereocenters. The van der Waals surface area contributed by atoms with Crippen LogP contribution in [0.2, 0.25) is 0 Å². The number of nitrogens with zero attached hydrogens (tertiary/aromatic N) is 4. The van der Waals surface area contributed by atoms with Gasteiger partial charge in [0, 0.05) is 23.2 Å². The number of benzene rings is 10. The van der Waals surface area contributed by atoms with Gasteiger partial charge < -0.3 is 9.64 Å². The van der Waals surface area contributed by atoms with Gasteiger partial charge in [0.15, 0.2) is 11.5 Å². The Kier molecular flexibility index (Phi) is 9.57. The van der Waals surface area contributed by atoms with Gasteiger partial charge in [0.1, 0.15) is 0 Å². The summed E-state index contributed by atoms with van der Waals surface area (Å²) < 4.78 is 10.9. The number of aromatic nitrogens is 3. The van der Waals surface area contributed by atoms with Crippen LogP contribution in [0, 0.1) is 0 Å². The van der Waals surface area contributed by atoms with Gasteiger partial charge in [0.05, 0.1) is 33.4 Å². The molecule has 0 aliphatic carbocycles. The third-order valence-corrected chi connectivity index (χ3v) is 13.6. The third kappa shape index (κ3) is 6.75. The second-order valence-electron chi connectivity index (χ2n) is 17.6. The van der Waals surface area contributed by atoms with Crippen LogP contribution in [-0.4, -0.2) is 14.0 Å². The summed E-state index contributed by atoms with van der Waals surface area (Å²) in [6.07, 6.45) is 0. The van der Waals surface area contributed by atoms with E-state index in [0.717, 1.165) is 73.2 Å². The fraction of sp³-hybridized carbons (Fsp3) is 0.0317. The van der Waals surface area contributed by atoms with Crippen molar-refractivity contribution in [3.8, 4) is 28.3 Å². The summed E-state index contributed by atoms with van der Waals surface area (Å²) in [5.74, 6) is 2.72. The summed E-state index contributed by atoms with van der Waals surface area (Å²) in [6, 6.07) is 91.3. The fourth-order valence-electron chi connectivity index (χ4n) is 10.4. The van der Waals surface area contributed by atoms with Gasteiger partial charge in [-0.2, -0.15) is 0 Å². The molecule has 0 spiro atoms. The minimum atomic E-state index is 0.0138. The number of rotatable bonds is 9. The van der Waals surface area contributed by atoms with E-state index in [4.69, 9.17) is 9.72 Å². The van der Waals surface area contributed by atoms with Crippen LogP contribution in [0.15, 0.2) is 255 Å². The molecule has 322 valence electrons. The van der Waals surface area contributed by atoms with Crippen molar-refractivity contribution in [3.05, 3.63) is 288 Å². The molecule has 0 N–H and O–H groups in total. The van der Waals surface area contributed by atoms with Crippen molar-refractivity contribution in [1.29, 1.82) is 0 Å². The van der Waals surface area contributed by atoms with Crippen LogP contribution in [0.25, 0.3) is 44.7 Å². The largest absolute Gasteiger partial charge is 0.453 e. The first-order valence-electron chi connectivity index (χ1n) is 23.3. The van der Waals surface area contributed by atoms with Crippen LogP contribution >= 0.6 is 0 Å². The first kappa shape index (κ1) is 39.4. The lowest BCUT2D eigenvalue weighted by molar-refractivity contribution is 0.477. The highest BCUT2D eigenvalue weighted by atomic mass is 16.5. The summed E-state index contributed by atoms with van der Waals surface area (Å²) in [7, 11) is 0. The Morgan fingerprint density at radius 1 is 0.338 bits per heavy atom. The number of imidazole rings is 2.